The van der Waals surface area contributed by atoms with Crippen LogP contribution in [0.3, 0.4) is 0 Å². The van der Waals surface area contributed by atoms with Crippen LogP contribution in [0.1, 0.15) is 17.4 Å². The first-order chi connectivity index (χ1) is 13.1. The highest BCUT2D eigenvalue weighted by Crippen LogP contribution is 2.34. The van der Waals surface area contributed by atoms with Crippen molar-refractivity contribution >= 4 is 52.4 Å². The summed E-state index contributed by atoms with van der Waals surface area (Å²) in [6, 6.07) is 6.38. The summed E-state index contributed by atoms with van der Waals surface area (Å²) in [6.07, 6.45) is 0. The fourth-order valence-electron chi connectivity index (χ4n) is 2.93. The molecule has 1 aliphatic heterocycles. The Morgan fingerprint density at radius 2 is 2.00 bits per heavy atom. The van der Waals surface area contributed by atoms with E-state index in [1.165, 1.54) is 29.2 Å². The number of nitrogens with one attached hydrogen (secondary N) is 1. The lowest BCUT2D eigenvalue weighted by atomic mass is 9.92. The monoisotopic (exact) mass is 443 g/mol. The van der Waals surface area contributed by atoms with Crippen LogP contribution < -0.4 is 5.32 Å². The number of benzene rings is 1. The summed E-state index contributed by atoms with van der Waals surface area (Å²) in [5.41, 5.74) is -1.23. The molecule has 0 aliphatic carbocycles. The number of rotatable bonds is 5. The zero-order valence-corrected chi connectivity index (χ0v) is 17.3. The van der Waals surface area contributed by atoms with E-state index < -0.39 is 35.7 Å². The number of nitrogens with zero attached hydrogens (tertiary/aromatic N) is 2. The number of thiophene rings is 1. The Balaban J connectivity index is 1.75. The molecule has 1 aromatic carbocycles. The number of urea groups is 1. The van der Waals surface area contributed by atoms with Gasteiger partial charge in [0.05, 0.1) is 10.9 Å². The van der Waals surface area contributed by atoms with Crippen molar-refractivity contribution in [2.45, 2.75) is 19.0 Å². The van der Waals surface area contributed by atoms with Gasteiger partial charge in [0, 0.05) is 22.5 Å². The van der Waals surface area contributed by atoms with Crippen LogP contribution in [0.2, 0.25) is 9.36 Å². The van der Waals surface area contributed by atoms with Crippen LogP contribution in [0, 0.1) is 5.82 Å². The average molecular weight is 444 g/mol. The molecular weight excluding hydrogens is 428 g/mol. The number of likely N-dealkylation sites (N-methyl/N-ethyl adjacent to an activating group) is 1. The van der Waals surface area contributed by atoms with E-state index in [-0.39, 0.29) is 10.6 Å². The number of imide groups is 1. The molecule has 2 heterocycles. The minimum absolute atomic E-state index is 0.0102. The molecule has 1 fully saturated rings. The smallest absolute Gasteiger partial charge is 0.325 e. The van der Waals surface area contributed by atoms with Crippen LogP contribution in [-0.4, -0.2) is 41.2 Å². The Morgan fingerprint density at radius 1 is 1.29 bits per heavy atom. The maximum Gasteiger partial charge on any atom is 0.325 e. The molecule has 4 amide bonds. The van der Waals surface area contributed by atoms with E-state index in [0.717, 1.165) is 21.9 Å². The van der Waals surface area contributed by atoms with E-state index in [1.54, 1.807) is 19.2 Å². The molecule has 6 nitrogen and oxygen atoms in total. The Bertz CT molecular complexity index is 967. The second kappa shape index (κ2) is 7.69. The number of carbonyl (C=O) groups is 3. The molecule has 1 saturated heterocycles. The first kappa shape index (κ1) is 20.6. The predicted molar refractivity (Wildman–Crippen MR) is 105 cm³/mol. The van der Waals surface area contributed by atoms with Gasteiger partial charge in [-0.05, 0) is 31.2 Å². The summed E-state index contributed by atoms with van der Waals surface area (Å²) >= 11 is 13.3. The van der Waals surface area contributed by atoms with Crippen molar-refractivity contribution in [2.24, 2.45) is 0 Å². The second-order valence-corrected chi connectivity index (χ2v) is 8.73. The molecule has 1 aliphatic rings. The van der Waals surface area contributed by atoms with Gasteiger partial charge in [-0.2, -0.15) is 0 Å². The molecule has 0 spiro atoms. The van der Waals surface area contributed by atoms with Gasteiger partial charge in [-0.15, -0.1) is 11.3 Å². The Morgan fingerprint density at radius 3 is 2.61 bits per heavy atom. The highest BCUT2D eigenvalue weighted by atomic mass is 35.5. The minimum Gasteiger partial charge on any atom is -0.339 e. The molecule has 0 bridgehead atoms. The van der Waals surface area contributed by atoms with Crippen LogP contribution in [0.4, 0.5) is 9.18 Å². The summed E-state index contributed by atoms with van der Waals surface area (Å²) in [7, 11) is 1.57. The van der Waals surface area contributed by atoms with Gasteiger partial charge in [0.1, 0.15) is 17.9 Å². The predicted octanol–water partition coefficient (Wildman–Crippen LogP) is 3.62. The van der Waals surface area contributed by atoms with E-state index in [1.807, 2.05) is 0 Å². The van der Waals surface area contributed by atoms with E-state index in [4.69, 9.17) is 23.2 Å². The molecule has 1 N–H and O–H groups in total. The van der Waals surface area contributed by atoms with E-state index >= 15 is 0 Å². The standard InChI is InChI=1S/C18H16Cl2FN3O3S/c1-18(12-5-3-10(21)7-13(12)19)16(26)24(17(27)22-18)9-15(25)23(2)8-11-4-6-14(20)28-11/h3-7H,8-9H2,1-2H3,(H,22,27). The highest BCUT2D eigenvalue weighted by Gasteiger charge is 2.50. The Hall–Kier alpha value is -2.16. The normalized spacial score (nSPS) is 19.1. The fraction of sp³-hybridized carbons (Fsp3) is 0.278. The van der Waals surface area contributed by atoms with Crippen LogP contribution in [0.5, 0.6) is 0 Å². The van der Waals surface area contributed by atoms with Gasteiger partial charge in [-0.1, -0.05) is 29.3 Å². The summed E-state index contributed by atoms with van der Waals surface area (Å²) in [5.74, 6) is -1.61. The zero-order chi connectivity index (χ0) is 20.6. The third-order valence-corrected chi connectivity index (χ3v) is 6.01. The largest absolute Gasteiger partial charge is 0.339 e. The molecular formula is C18H16Cl2FN3O3S. The third-order valence-electron chi connectivity index (χ3n) is 4.49. The maximum atomic E-state index is 13.3. The van der Waals surface area contributed by atoms with E-state index in [2.05, 4.69) is 5.32 Å². The van der Waals surface area contributed by atoms with Crippen molar-refractivity contribution in [3.63, 3.8) is 0 Å². The summed E-state index contributed by atoms with van der Waals surface area (Å²) < 4.78 is 13.9. The molecule has 1 atom stereocenters. The van der Waals surface area contributed by atoms with Crippen molar-refractivity contribution in [3.05, 3.63) is 55.9 Å². The summed E-state index contributed by atoms with van der Waals surface area (Å²) in [6.45, 7) is 1.35. The van der Waals surface area contributed by atoms with Gasteiger partial charge in [0.15, 0.2) is 0 Å². The quantitative estimate of drug-likeness (QED) is 0.717. The topological polar surface area (TPSA) is 69.7 Å². The van der Waals surface area contributed by atoms with Crippen LogP contribution in [0.25, 0.3) is 0 Å². The van der Waals surface area contributed by atoms with E-state index in [0.29, 0.717) is 10.9 Å². The zero-order valence-electron chi connectivity index (χ0n) is 15.0. The molecule has 148 valence electrons. The minimum atomic E-state index is -1.48. The van der Waals surface area contributed by atoms with Crippen molar-refractivity contribution in [1.29, 1.82) is 0 Å². The fourth-order valence-corrected chi connectivity index (χ4v) is 4.43. The van der Waals surface area contributed by atoms with Gasteiger partial charge in [-0.3, -0.25) is 14.5 Å². The number of hydrogen-bond acceptors (Lipinski definition) is 4. The Kier molecular flexibility index (Phi) is 5.65. The number of carbonyl (C=O) groups excluding carboxylic acids is 3. The van der Waals surface area contributed by atoms with Crippen LogP contribution in [-0.2, 0) is 21.7 Å². The maximum absolute atomic E-state index is 13.3. The summed E-state index contributed by atoms with van der Waals surface area (Å²) in [5, 5.41) is 2.56. The van der Waals surface area contributed by atoms with Crippen molar-refractivity contribution in [2.75, 3.05) is 13.6 Å². The van der Waals surface area contributed by atoms with Crippen LogP contribution >= 0.6 is 34.5 Å². The van der Waals surface area contributed by atoms with Gasteiger partial charge < -0.3 is 10.2 Å². The third kappa shape index (κ3) is 3.85. The average Bonchev–Trinajstić information content (AvgIpc) is 3.11. The van der Waals surface area contributed by atoms with Crippen molar-refractivity contribution in [3.8, 4) is 0 Å². The molecule has 0 saturated carbocycles. The molecule has 3 rings (SSSR count). The van der Waals surface area contributed by atoms with Gasteiger partial charge in [0.2, 0.25) is 5.91 Å². The SMILES string of the molecule is CN(Cc1ccc(Cl)s1)C(=O)CN1C(=O)NC(C)(c2ccc(F)cc2Cl)C1=O. The van der Waals surface area contributed by atoms with E-state index in [9.17, 15) is 18.8 Å². The lowest BCUT2D eigenvalue weighted by molar-refractivity contribution is -0.138. The molecule has 1 unspecified atom stereocenters. The van der Waals surface area contributed by atoms with Gasteiger partial charge in [0.25, 0.3) is 5.91 Å². The van der Waals surface area contributed by atoms with Gasteiger partial charge in [-0.25, -0.2) is 9.18 Å². The molecule has 2 aromatic rings. The number of amides is 4. The first-order valence-corrected chi connectivity index (χ1v) is 9.77. The summed E-state index contributed by atoms with van der Waals surface area (Å²) in [4.78, 5) is 40.9. The highest BCUT2D eigenvalue weighted by molar-refractivity contribution is 7.16. The first-order valence-electron chi connectivity index (χ1n) is 8.19. The van der Waals surface area contributed by atoms with Crippen molar-refractivity contribution < 1.29 is 18.8 Å². The molecule has 1 aromatic heterocycles. The van der Waals surface area contributed by atoms with Gasteiger partial charge >= 0.3 is 6.03 Å². The lowest BCUT2D eigenvalue weighted by Gasteiger charge is -2.24. The van der Waals surface area contributed by atoms with Crippen LogP contribution in [0.15, 0.2) is 30.3 Å². The lowest BCUT2D eigenvalue weighted by Crippen LogP contribution is -2.43. The second-order valence-electron chi connectivity index (χ2n) is 6.53. The molecule has 28 heavy (non-hydrogen) atoms. The molecule has 0 radical (unpaired) electrons. The Labute approximate surface area is 174 Å². The van der Waals surface area contributed by atoms with Crippen molar-refractivity contribution in [1.82, 2.24) is 15.1 Å². The number of halogens is 3. The number of hydrogen-bond donors (Lipinski definition) is 1. The molecule has 10 heteroatoms.